The van der Waals surface area contributed by atoms with Crippen molar-refractivity contribution in [3.8, 4) is 0 Å². The maximum atomic E-state index is 12.3. The number of carbonyl (C=O) groups excluding carboxylic acids is 2. The van der Waals surface area contributed by atoms with Crippen LogP contribution in [0.3, 0.4) is 0 Å². The molecule has 0 saturated carbocycles. The normalized spacial score (nSPS) is 10.4. The third-order valence-corrected chi connectivity index (χ3v) is 3.01. The molecule has 1 aromatic carbocycles. The van der Waals surface area contributed by atoms with Crippen LogP contribution in [0.2, 0.25) is 0 Å². The summed E-state index contributed by atoms with van der Waals surface area (Å²) in [6.45, 7) is 0.308. The molecule has 0 unspecified atom stereocenters. The molecular weight excluding hydrogens is 242 g/mol. The molecule has 0 radical (unpaired) electrons. The van der Waals surface area contributed by atoms with E-state index in [4.69, 9.17) is 4.74 Å². The lowest BCUT2D eigenvalue weighted by Gasteiger charge is -2.07. The van der Waals surface area contributed by atoms with Crippen molar-refractivity contribution in [2.75, 3.05) is 7.11 Å². The molecule has 2 rings (SSSR count). The third kappa shape index (κ3) is 2.63. The molecule has 19 heavy (non-hydrogen) atoms. The van der Waals surface area contributed by atoms with Gasteiger partial charge in [-0.15, -0.1) is 0 Å². The van der Waals surface area contributed by atoms with E-state index in [0.29, 0.717) is 23.4 Å². The highest BCUT2D eigenvalue weighted by Gasteiger charge is 2.13. The second-order valence-electron chi connectivity index (χ2n) is 4.30. The van der Waals surface area contributed by atoms with Gasteiger partial charge >= 0.3 is 0 Å². The number of aromatic nitrogens is 1. The van der Waals surface area contributed by atoms with Gasteiger partial charge in [-0.05, 0) is 23.8 Å². The SMILES string of the molecule is COCc1cc(C(=O)c2cccn2C)ccc1C=O. The number of carbonyl (C=O) groups is 2. The van der Waals surface area contributed by atoms with Gasteiger partial charge in [-0.2, -0.15) is 0 Å². The number of rotatable bonds is 5. The first-order valence-electron chi connectivity index (χ1n) is 5.90. The van der Waals surface area contributed by atoms with Crippen molar-refractivity contribution in [1.82, 2.24) is 4.57 Å². The Morgan fingerprint density at radius 2 is 2.16 bits per heavy atom. The van der Waals surface area contributed by atoms with E-state index in [9.17, 15) is 9.59 Å². The smallest absolute Gasteiger partial charge is 0.209 e. The molecule has 0 aliphatic rings. The molecule has 98 valence electrons. The van der Waals surface area contributed by atoms with Gasteiger partial charge in [-0.25, -0.2) is 0 Å². The predicted molar refractivity (Wildman–Crippen MR) is 71.4 cm³/mol. The van der Waals surface area contributed by atoms with Gasteiger partial charge in [0.2, 0.25) is 5.78 Å². The quantitative estimate of drug-likeness (QED) is 0.609. The van der Waals surface area contributed by atoms with Crippen LogP contribution in [0.15, 0.2) is 36.5 Å². The molecule has 0 spiro atoms. The summed E-state index contributed by atoms with van der Waals surface area (Å²) in [6.07, 6.45) is 2.59. The van der Waals surface area contributed by atoms with E-state index < -0.39 is 0 Å². The first-order valence-corrected chi connectivity index (χ1v) is 5.90. The van der Waals surface area contributed by atoms with Crippen LogP contribution in [0.1, 0.15) is 32.0 Å². The fourth-order valence-corrected chi connectivity index (χ4v) is 1.99. The summed E-state index contributed by atoms with van der Waals surface area (Å²) in [4.78, 5) is 23.3. The Morgan fingerprint density at radius 3 is 2.74 bits per heavy atom. The van der Waals surface area contributed by atoms with Gasteiger partial charge in [0.05, 0.1) is 12.3 Å². The highest BCUT2D eigenvalue weighted by molar-refractivity contribution is 6.08. The Morgan fingerprint density at radius 1 is 1.37 bits per heavy atom. The summed E-state index contributed by atoms with van der Waals surface area (Å²) in [5, 5.41) is 0. The minimum atomic E-state index is -0.0673. The molecule has 0 fully saturated rings. The van der Waals surface area contributed by atoms with Crippen molar-refractivity contribution in [2.45, 2.75) is 6.61 Å². The summed E-state index contributed by atoms with van der Waals surface area (Å²) in [6, 6.07) is 8.62. The number of methoxy groups -OCH3 is 1. The predicted octanol–water partition coefficient (Wildman–Crippen LogP) is 2.21. The molecule has 0 N–H and O–H groups in total. The summed E-state index contributed by atoms with van der Waals surface area (Å²) < 4.78 is 6.81. The maximum Gasteiger partial charge on any atom is 0.209 e. The first kappa shape index (κ1) is 13.2. The molecule has 1 aromatic heterocycles. The second-order valence-corrected chi connectivity index (χ2v) is 4.30. The van der Waals surface area contributed by atoms with Crippen LogP contribution in [0.4, 0.5) is 0 Å². The molecule has 0 amide bonds. The summed E-state index contributed by atoms with van der Waals surface area (Å²) in [7, 11) is 3.38. The molecule has 0 aliphatic heterocycles. The van der Waals surface area contributed by atoms with Crippen LogP contribution in [0, 0.1) is 0 Å². The van der Waals surface area contributed by atoms with Crippen molar-refractivity contribution in [1.29, 1.82) is 0 Å². The molecular formula is C15H15NO3. The van der Waals surface area contributed by atoms with Crippen molar-refractivity contribution in [2.24, 2.45) is 7.05 Å². The Hall–Kier alpha value is -2.20. The van der Waals surface area contributed by atoms with Crippen molar-refractivity contribution in [3.63, 3.8) is 0 Å². The van der Waals surface area contributed by atoms with Gasteiger partial charge in [0.25, 0.3) is 0 Å². The molecule has 0 bridgehead atoms. The Labute approximate surface area is 111 Å². The van der Waals surface area contributed by atoms with Crippen LogP contribution < -0.4 is 0 Å². The zero-order chi connectivity index (χ0) is 13.8. The number of hydrogen-bond acceptors (Lipinski definition) is 3. The van der Waals surface area contributed by atoms with Crippen LogP contribution in [0.5, 0.6) is 0 Å². The van der Waals surface area contributed by atoms with E-state index in [0.717, 1.165) is 11.8 Å². The molecule has 4 nitrogen and oxygen atoms in total. The van der Waals surface area contributed by atoms with E-state index in [1.807, 2.05) is 19.3 Å². The lowest BCUT2D eigenvalue weighted by Crippen LogP contribution is -2.08. The average molecular weight is 257 g/mol. The van der Waals surface area contributed by atoms with Crippen molar-refractivity contribution < 1.29 is 14.3 Å². The third-order valence-electron chi connectivity index (χ3n) is 3.01. The van der Waals surface area contributed by atoms with Gasteiger partial charge in [-0.1, -0.05) is 12.1 Å². The first-order chi connectivity index (χ1) is 9.17. The lowest BCUT2D eigenvalue weighted by atomic mass is 10.0. The topological polar surface area (TPSA) is 48.3 Å². The van der Waals surface area contributed by atoms with Gasteiger partial charge in [0.15, 0.2) is 0 Å². The van der Waals surface area contributed by atoms with E-state index in [2.05, 4.69) is 0 Å². The number of ketones is 1. The molecule has 0 saturated heterocycles. The zero-order valence-corrected chi connectivity index (χ0v) is 10.9. The fourth-order valence-electron chi connectivity index (χ4n) is 1.99. The van der Waals surface area contributed by atoms with Gasteiger partial charge < -0.3 is 9.30 Å². The number of nitrogens with zero attached hydrogens (tertiary/aromatic N) is 1. The van der Waals surface area contributed by atoms with Crippen molar-refractivity contribution in [3.05, 3.63) is 58.9 Å². The molecule has 0 atom stereocenters. The number of aryl methyl sites for hydroxylation is 1. The maximum absolute atomic E-state index is 12.3. The summed E-state index contributed by atoms with van der Waals surface area (Å²) in [5.74, 6) is -0.0673. The second kappa shape index (κ2) is 5.63. The molecule has 1 heterocycles. The van der Waals surface area contributed by atoms with E-state index in [1.54, 1.807) is 35.9 Å². The fraction of sp³-hybridized carbons (Fsp3) is 0.200. The molecule has 0 aliphatic carbocycles. The monoisotopic (exact) mass is 257 g/mol. The van der Waals surface area contributed by atoms with Gasteiger partial charge in [-0.3, -0.25) is 9.59 Å². The Bertz CT molecular complexity index is 614. The van der Waals surface area contributed by atoms with Crippen LogP contribution in [0.25, 0.3) is 0 Å². The lowest BCUT2D eigenvalue weighted by molar-refractivity contribution is 0.102. The van der Waals surface area contributed by atoms with Gasteiger partial charge in [0, 0.05) is 31.5 Å². The highest BCUT2D eigenvalue weighted by atomic mass is 16.5. The minimum absolute atomic E-state index is 0.0673. The zero-order valence-electron chi connectivity index (χ0n) is 10.9. The van der Waals surface area contributed by atoms with Crippen molar-refractivity contribution >= 4 is 12.1 Å². The van der Waals surface area contributed by atoms with Crippen LogP contribution in [-0.4, -0.2) is 23.7 Å². The minimum Gasteiger partial charge on any atom is -0.380 e. The number of hydrogen-bond donors (Lipinski definition) is 0. The standard InChI is InChI=1S/C15H15NO3/c1-16-7-3-4-14(16)15(18)11-5-6-12(9-17)13(8-11)10-19-2/h3-9H,10H2,1-2H3. The van der Waals surface area contributed by atoms with E-state index in [1.165, 1.54) is 0 Å². The summed E-state index contributed by atoms with van der Waals surface area (Å²) >= 11 is 0. The molecule has 2 aromatic rings. The Balaban J connectivity index is 2.40. The number of benzene rings is 1. The summed E-state index contributed by atoms with van der Waals surface area (Å²) in [5.41, 5.74) is 2.43. The highest BCUT2D eigenvalue weighted by Crippen LogP contribution is 2.15. The van der Waals surface area contributed by atoms with Crippen LogP contribution in [-0.2, 0) is 18.4 Å². The van der Waals surface area contributed by atoms with Crippen LogP contribution >= 0.6 is 0 Å². The van der Waals surface area contributed by atoms with E-state index in [-0.39, 0.29) is 5.78 Å². The molecule has 4 heteroatoms. The largest absolute Gasteiger partial charge is 0.380 e. The Kier molecular flexibility index (Phi) is 3.92. The van der Waals surface area contributed by atoms with E-state index >= 15 is 0 Å². The average Bonchev–Trinajstić information content (AvgIpc) is 2.84. The van der Waals surface area contributed by atoms with Gasteiger partial charge in [0.1, 0.15) is 6.29 Å². The number of ether oxygens (including phenoxy) is 1. The number of aldehydes is 1.